The van der Waals surface area contributed by atoms with Crippen LogP contribution in [0.2, 0.25) is 0 Å². The zero-order valence-corrected chi connectivity index (χ0v) is 11.1. The zero-order valence-electron chi connectivity index (χ0n) is 10.3. The highest BCUT2D eigenvalue weighted by atomic mass is 32.1. The first-order valence-corrected chi connectivity index (χ1v) is 6.64. The minimum Gasteiger partial charge on any atom is -0.496 e. The van der Waals surface area contributed by atoms with E-state index in [9.17, 15) is 9.59 Å². The molecule has 1 rings (SSSR count). The third-order valence-corrected chi connectivity index (χ3v) is 3.30. The molecule has 0 spiro atoms. The zero-order chi connectivity index (χ0) is 13.4. The predicted octanol–water partition coefficient (Wildman–Crippen LogP) is 2.13. The van der Waals surface area contributed by atoms with Crippen LogP contribution in [0.15, 0.2) is 11.4 Å². The number of carbonyl (C=O) groups excluding carboxylic acids is 1. The van der Waals surface area contributed by atoms with E-state index in [0.717, 1.165) is 12.8 Å². The molecule has 2 N–H and O–H groups in total. The van der Waals surface area contributed by atoms with Gasteiger partial charge in [-0.05, 0) is 12.8 Å². The average molecular weight is 271 g/mol. The van der Waals surface area contributed by atoms with Gasteiger partial charge in [0.25, 0.3) is 5.91 Å². The molecule has 0 bridgehead atoms. The number of carboxylic acid groups (broad SMARTS) is 1. The quantitative estimate of drug-likeness (QED) is 0.710. The van der Waals surface area contributed by atoms with Crippen LogP contribution in [-0.4, -0.2) is 30.6 Å². The van der Waals surface area contributed by atoms with Crippen molar-refractivity contribution in [3.05, 3.63) is 16.3 Å². The van der Waals surface area contributed by atoms with Crippen LogP contribution in [0.1, 0.15) is 35.4 Å². The summed E-state index contributed by atoms with van der Waals surface area (Å²) in [5, 5.41) is 13.0. The van der Waals surface area contributed by atoms with Gasteiger partial charge >= 0.3 is 5.97 Å². The highest BCUT2D eigenvalue weighted by Crippen LogP contribution is 2.20. The van der Waals surface area contributed by atoms with Crippen molar-refractivity contribution in [1.82, 2.24) is 5.32 Å². The molecule has 0 saturated heterocycles. The van der Waals surface area contributed by atoms with E-state index in [1.54, 1.807) is 18.6 Å². The predicted molar refractivity (Wildman–Crippen MR) is 69.3 cm³/mol. The Hall–Kier alpha value is -1.56. The Morgan fingerprint density at radius 1 is 1.39 bits per heavy atom. The van der Waals surface area contributed by atoms with Crippen molar-refractivity contribution >= 4 is 23.2 Å². The van der Waals surface area contributed by atoms with E-state index in [1.807, 2.05) is 0 Å². The van der Waals surface area contributed by atoms with Crippen LogP contribution in [0, 0.1) is 0 Å². The van der Waals surface area contributed by atoms with Crippen LogP contribution >= 0.6 is 11.3 Å². The first-order chi connectivity index (χ1) is 8.63. The Labute approximate surface area is 110 Å². The Morgan fingerprint density at radius 3 is 2.78 bits per heavy atom. The van der Waals surface area contributed by atoms with Gasteiger partial charge in [-0.1, -0.05) is 6.42 Å². The number of ether oxygens (including phenoxy) is 1. The second kappa shape index (κ2) is 7.71. The maximum atomic E-state index is 11.7. The number of hydrogen-bond acceptors (Lipinski definition) is 4. The summed E-state index contributed by atoms with van der Waals surface area (Å²) < 4.78 is 5.00. The van der Waals surface area contributed by atoms with Gasteiger partial charge in [-0.3, -0.25) is 9.59 Å². The van der Waals surface area contributed by atoms with Crippen LogP contribution in [-0.2, 0) is 4.79 Å². The van der Waals surface area contributed by atoms with Gasteiger partial charge in [-0.15, -0.1) is 11.3 Å². The molecule has 0 aliphatic carbocycles. The van der Waals surface area contributed by atoms with Gasteiger partial charge in [0.05, 0.1) is 12.0 Å². The lowest BCUT2D eigenvalue weighted by atomic mass is 10.2. The third-order valence-electron chi connectivity index (χ3n) is 2.39. The molecule has 1 heterocycles. The highest BCUT2D eigenvalue weighted by Gasteiger charge is 2.08. The molecule has 0 fully saturated rings. The molecule has 1 amide bonds. The number of rotatable bonds is 8. The van der Waals surface area contributed by atoms with E-state index in [4.69, 9.17) is 9.84 Å². The lowest BCUT2D eigenvalue weighted by molar-refractivity contribution is -0.137. The fourth-order valence-electron chi connectivity index (χ4n) is 1.41. The van der Waals surface area contributed by atoms with Gasteiger partial charge in [-0.25, -0.2) is 0 Å². The van der Waals surface area contributed by atoms with E-state index < -0.39 is 5.97 Å². The summed E-state index contributed by atoms with van der Waals surface area (Å²) in [5.74, 6) is -0.196. The minimum absolute atomic E-state index is 0.110. The topological polar surface area (TPSA) is 75.6 Å². The molecule has 0 saturated carbocycles. The van der Waals surface area contributed by atoms with Crippen LogP contribution in [0.4, 0.5) is 0 Å². The Kier molecular flexibility index (Phi) is 6.21. The van der Waals surface area contributed by atoms with Crippen molar-refractivity contribution in [2.75, 3.05) is 13.7 Å². The molecule has 0 atom stereocenters. The average Bonchev–Trinajstić information content (AvgIpc) is 2.81. The summed E-state index contributed by atoms with van der Waals surface area (Å²) in [5.41, 5.74) is 0. The maximum Gasteiger partial charge on any atom is 0.303 e. The molecule has 6 heteroatoms. The summed E-state index contributed by atoms with van der Waals surface area (Å²) in [6.07, 6.45) is 2.44. The Morgan fingerprint density at radius 2 is 2.17 bits per heavy atom. The van der Waals surface area contributed by atoms with Crippen LogP contribution in [0.3, 0.4) is 0 Å². The van der Waals surface area contributed by atoms with E-state index >= 15 is 0 Å². The molecule has 0 radical (unpaired) electrons. The molecule has 1 aromatic rings. The normalized spacial score (nSPS) is 10.1. The molecular weight excluding hydrogens is 254 g/mol. The number of carbonyl (C=O) groups is 2. The largest absolute Gasteiger partial charge is 0.496 e. The van der Waals surface area contributed by atoms with Crippen molar-refractivity contribution in [3.63, 3.8) is 0 Å². The maximum absolute atomic E-state index is 11.7. The lowest BCUT2D eigenvalue weighted by Gasteiger charge is -2.02. The van der Waals surface area contributed by atoms with Gasteiger partial charge in [-0.2, -0.15) is 0 Å². The second-order valence-corrected chi connectivity index (χ2v) is 4.72. The lowest BCUT2D eigenvalue weighted by Crippen LogP contribution is -2.23. The number of methoxy groups -OCH3 is 1. The molecular formula is C12H17NO4S. The third kappa shape index (κ3) is 5.18. The molecule has 0 aromatic carbocycles. The second-order valence-electron chi connectivity index (χ2n) is 3.81. The first-order valence-electron chi connectivity index (χ1n) is 5.76. The van der Waals surface area contributed by atoms with Crippen molar-refractivity contribution in [2.45, 2.75) is 25.7 Å². The summed E-state index contributed by atoms with van der Waals surface area (Å²) in [6, 6.07) is 1.70. The van der Waals surface area contributed by atoms with E-state index in [-0.39, 0.29) is 12.3 Å². The number of amides is 1. The number of carboxylic acids is 1. The Bertz CT molecular complexity index is 403. The fourth-order valence-corrected chi connectivity index (χ4v) is 2.18. The summed E-state index contributed by atoms with van der Waals surface area (Å²) in [7, 11) is 1.56. The van der Waals surface area contributed by atoms with Crippen LogP contribution in [0.25, 0.3) is 0 Å². The molecule has 1 aromatic heterocycles. The summed E-state index contributed by atoms with van der Waals surface area (Å²) >= 11 is 1.34. The van der Waals surface area contributed by atoms with Crippen LogP contribution < -0.4 is 10.1 Å². The number of hydrogen-bond donors (Lipinski definition) is 2. The number of thiophene rings is 1. The standard InChI is InChI=1S/C12H17NO4S/c1-17-9-7-10(18-8-9)12(16)13-6-4-2-3-5-11(14)15/h7-8H,2-6H2,1H3,(H,13,16)(H,14,15). The van der Waals surface area contributed by atoms with E-state index in [2.05, 4.69) is 5.32 Å². The number of aliphatic carboxylic acids is 1. The number of nitrogens with one attached hydrogen (secondary N) is 1. The smallest absolute Gasteiger partial charge is 0.303 e. The SMILES string of the molecule is COc1csc(C(=O)NCCCCCC(=O)O)c1. The van der Waals surface area contributed by atoms with E-state index in [0.29, 0.717) is 23.6 Å². The van der Waals surface area contributed by atoms with Gasteiger partial charge in [0.15, 0.2) is 0 Å². The summed E-state index contributed by atoms with van der Waals surface area (Å²) in [6.45, 7) is 0.568. The molecule has 0 aliphatic heterocycles. The molecule has 5 nitrogen and oxygen atoms in total. The van der Waals surface area contributed by atoms with Crippen LogP contribution in [0.5, 0.6) is 5.75 Å². The number of unbranched alkanes of at least 4 members (excludes halogenated alkanes) is 2. The van der Waals surface area contributed by atoms with Gasteiger partial charge in [0.1, 0.15) is 5.75 Å². The highest BCUT2D eigenvalue weighted by molar-refractivity contribution is 7.12. The van der Waals surface area contributed by atoms with Crippen molar-refractivity contribution in [2.24, 2.45) is 0 Å². The van der Waals surface area contributed by atoms with Crippen molar-refractivity contribution in [3.8, 4) is 5.75 Å². The summed E-state index contributed by atoms with van der Waals surface area (Å²) in [4.78, 5) is 22.6. The van der Waals surface area contributed by atoms with E-state index in [1.165, 1.54) is 11.3 Å². The van der Waals surface area contributed by atoms with Crippen molar-refractivity contribution in [1.29, 1.82) is 0 Å². The Balaban J connectivity index is 2.15. The van der Waals surface area contributed by atoms with Gasteiger partial charge < -0.3 is 15.2 Å². The minimum atomic E-state index is -0.773. The molecule has 18 heavy (non-hydrogen) atoms. The first kappa shape index (κ1) is 14.5. The van der Waals surface area contributed by atoms with Gasteiger partial charge in [0, 0.05) is 24.4 Å². The fraction of sp³-hybridized carbons (Fsp3) is 0.500. The monoisotopic (exact) mass is 271 g/mol. The molecule has 100 valence electrons. The molecule has 0 unspecified atom stereocenters. The van der Waals surface area contributed by atoms with Gasteiger partial charge in [0.2, 0.25) is 0 Å². The molecule has 0 aliphatic rings. The van der Waals surface area contributed by atoms with Crippen molar-refractivity contribution < 1.29 is 19.4 Å².